The Morgan fingerprint density at radius 1 is 1.12 bits per heavy atom. The summed E-state index contributed by atoms with van der Waals surface area (Å²) in [6, 6.07) is 7.17. The minimum absolute atomic E-state index is 0.0482. The van der Waals surface area contributed by atoms with E-state index in [1.165, 1.54) is 0 Å². The highest BCUT2D eigenvalue weighted by molar-refractivity contribution is 6.09. The van der Waals surface area contributed by atoms with Crippen molar-refractivity contribution >= 4 is 11.5 Å². The fraction of sp³-hybridized carbons (Fsp3) is 0.143. The van der Waals surface area contributed by atoms with Gasteiger partial charge in [0.05, 0.1) is 0 Å². The molecule has 17 heavy (non-hydrogen) atoms. The standard InChI is InChI=1S/C14H14N2O/c1-9-5-12(8-16-7-9)14(17)11-4-3-10(2)13(15)6-11/h3-8H,15H2,1-2H3. The van der Waals surface area contributed by atoms with Gasteiger partial charge in [-0.3, -0.25) is 9.78 Å². The van der Waals surface area contributed by atoms with Crippen molar-refractivity contribution in [2.75, 3.05) is 5.73 Å². The lowest BCUT2D eigenvalue weighted by Crippen LogP contribution is -2.03. The molecule has 0 unspecified atom stereocenters. The van der Waals surface area contributed by atoms with Crippen molar-refractivity contribution < 1.29 is 4.79 Å². The van der Waals surface area contributed by atoms with Gasteiger partial charge in [0.25, 0.3) is 0 Å². The van der Waals surface area contributed by atoms with Crippen molar-refractivity contribution in [2.24, 2.45) is 0 Å². The summed E-state index contributed by atoms with van der Waals surface area (Å²) in [7, 11) is 0. The van der Waals surface area contributed by atoms with Gasteiger partial charge in [0.2, 0.25) is 0 Å². The molecule has 0 bridgehead atoms. The number of ketones is 1. The lowest BCUT2D eigenvalue weighted by Gasteiger charge is -2.05. The van der Waals surface area contributed by atoms with Gasteiger partial charge < -0.3 is 5.73 Å². The predicted octanol–water partition coefficient (Wildman–Crippen LogP) is 2.51. The number of carbonyl (C=O) groups is 1. The molecule has 1 aromatic heterocycles. The van der Waals surface area contributed by atoms with Gasteiger partial charge in [0, 0.05) is 29.2 Å². The predicted molar refractivity (Wildman–Crippen MR) is 68.0 cm³/mol. The molecule has 3 heteroatoms. The molecule has 0 aliphatic carbocycles. The van der Waals surface area contributed by atoms with Crippen LogP contribution in [0.2, 0.25) is 0 Å². The monoisotopic (exact) mass is 226 g/mol. The number of rotatable bonds is 2. The Kier molecular flexibility index (Phi) is 2.91. The summed E-state index contributed by atoms with van der Waals surface area (Å²) >= 11 is 0. The van der Waals surface area contributed by atoms with Gasteiger partial charge in [-0.1, -0.05) is 12.1 Å². The number of hydrogen-bond donors (Lipinski definition) is 1. The molecular formula is C14H14N2O. The average molecular weight is 226 g/mol. The first-order valence-electron chi connectivity index (χ1n) is 5.40. The van der Waals surface area contributed by atoms with Crippen molar-refractivity contribution in [1.29, 1.82) is 0 Å². The van der Waals surface area contributed by atoms with Gasteiger partial charge in [-0.05, 0) is 37.1 Å². The van der Waals surface area contributed by atoms with Crippen molar-refractivity contribution in [2.45, 2.75) is 13.8 Å². The second-order valence-electron chi connectivity index (χ2n) is 4.15. The number of hydrogen-bond acceptors (Lipinski definition) is 3. The third-order valence-electron chi connectivity index (χ3n) is 2.68. The molecule has 0 saturated heterocycles. The number of nitrogen functional groups attached to an aromatic ring is 1. The van der Waals surface area contributed by atoms with Crippen LogP contribution in [0.4, 0.5) is 5.69 Å². The molecule has 0 aliphatic heterocycles. The summed E-state index contributed by atoms with van der Waals surface area (Å²) in [6.07, 6.45) is 3.30. The number of aromatic nitrogens is 1. The number of nitrogens with zero attached hydrogens (tertiary/aromatic N) is 1. The molecule has 2 N–H and O–H groups in total. The van der Waals surface area contributed by atoms with Crippen molar-refractivity contribution in [3.8, 4) is 0 Å². The summed E-state index contributed by atoms with van der Waals surface area (Å²) in [5, 5.41) is 0. The van der Waals surface area contributed by atoms with Crippen LogP contribution in [0.1, 0.15) is 27.0 Å². The van der Waals surface area contributed by atoms with E-state index in [9.17, 15) is 4.79 Å². The van der Waals surface area contributed by atoms with Crippen LogP contribution in [0.3, 0.4) is 0 Å². The first kappa shape index (κ1) is 11.3. The second-order valence-corrected chi connectivity index (χ2v) is 4.15. The Bertz CT molecular complexity index is 576. The number of carbonyl (C=O) groups excluding carboxylic acids is 1. The van der Waals surface area contributed by atoms with Crippen LogP contribution in [0.5, 0.6) is 0 Å². The highest BCUT2D eigenvalue weighted by atomic mass is 16.1. The van der Waals surface area contributed by atoms with E-state index in [4.69, 9.17) is 5.73 Å². The Morgan fingerprint density at radius 3 is 2.53 bits per heavy atom. The molecule has 0 fully saturated rings. The van der Waals surface area contributed by atoms with Crippen molar-refractivity contribution in [3.05, 3.63) is 58.9 Å². The molecular weight excluding hydrogens is 212 g/mol. The lowest BCUT2D eigenvalue weighted by molar-refractivity contribution is 0.103. The van der Waals surface area contributed by atoms with Gasteiger partial charge in [0.15, 0.2) is 5.78 Å². The van der Waals surface area contributed by atoms with E-state index >= 15 is 0 Å². The van der Waals surface area contributed by atoms with Gasteiger partial charge >= 0.3 is 0 Å². The van der Waals surface area contributed by atoms with E-state index in [1.807, 2.05) is 26.0 Å². The molecule has 0 radical (unpaired) electrons. The van der Waals surface area contributed by atoms with E-state index in [0.29, 0.717) is 16.8 Å². The number of nitrogens with two attached hydrogens (primary N) is 1. The zero-order chi connectivity index (χ0) is 12.4. The van der Waals surface area contributed by atoms with Gasteiger partial charge in [-0.2, -0.15) is 0 Å². The van der Waals surface area contributed by atoms with E-state index in [0.717, 1.165) is 11.1 Å². The summed E-state index contributed by atoms with van der Waals surface area (Å²) in [5.74, 6) is -0.0482. The maximum absolute atomic E-state index is 12.2. The molecule has 0 spiro atoms. The Hall–Kier alpha value is -2.16. The Labute approximate surface area is 100 Å². The highest BCUT2D eigenvalue weighted by Gasteiger charge is 2.10. The fourth-order valence-electron chi connectivity index (χ4n) is 1.63. The number of anilines is 1. The number of benzene rings is 1. The molecule has 0 saturated carbocycles. The van der Waals surface area contributed by atoms with Crippen molar-refractivity contribution in [3.63, 3.8) is 0 Å². The molecule has 0 aliphatic rings. The molecule has 3 nitrogen and oxygen atoms in total. The van der Waals surface area contributed by atoms with E-state index in [2.05, 4.69) is 4.98 Å². The minimum Gasteiger partial charge on any atom is -0.398 e. The van der Waals surface area contributed by atoms with E-state index in [-0.39, 0.29) is 5.78 Å². The van der Waals surface area contributed by atoms with Crippen LogP contribution in [0.15, 0.2) is 36.7 Å². The van der Waals surface area contributed by atoms with Crippen LogP contribution in [-0.4, -0.2) is 10.8 Å². The molecule has 0 amide bonds. The van der Waals surface area contributed by atoms with Gasteiger partial charge in [-0.15, -0.1) is 0 Å². The lowest BCUT2D eigenvalue weighted by atomic mass is 10.0. The molecule has 1 aromatic carbocycles. The minimum atomic E-state index is -0.0482. The van der Waals surface area contributed by atoms with Gasteiger partial charge in [-0.25, -0.2) is 0 Å². The maximum Gasteiger partial charge on any atom is 0.194 e. The normalized spacial score (nSPS) is 10.2. The van der Waals surface area contributed by atoms with Crippen LogP contribution in [-0.2, 0) is 0 Å². The van der Waals surface area contributed by atoms with Crippen LogP contribution < -0.4 is 5.73 Å². The van der Waals surface area contributed by atoms with Crippen molar-refractivity contribution in [1.82, 2.24) is 4.98 Å². The first-order valence-corrected chi connectivity index (χ1v) is 5.40. The van der Waals surface area contributed by atoms with E-state index < -0.39 is 0 Å². The summed E-state index contributed by atoms with van der Waals surface area (Å²) in [4.78, 5) is 16.2. The third kappa shape index (κ3) is 2.33. The van der Waals surface area contributed by atoms with Gasteiger partial charge in [0.1, 0.15) is 0 Å². The van der Waals surface area contributed by atoms with Crippen LogP contribution in [0.25, 0.3) is 0 Å². The Balaban J connectivity index is 2.40. The zero-order valence-electron chi connectivity index (χ0n) is 9.90. The highest BCUT2D eigenvalue weighted by Crippen LogP contribution is 2.16. The van der Waals surface area contributed by atoms with E-state index in [1.54, 1.807) is 24.5 Å². The average Bonchev–Trinajstić information content (AvgIpc) is 2.32. The number of aryl methyl sites for hydroxylation is 2. The topological polar surface area (TPSA) is 56.0 Å². The molecule has 86 valence electrons. The maximum atomic E-state index is 12.2. The smallest absolute Gasteiger partial charge is 0.194 e. The van der Waals surface area contributed by atoms with Crippen LogP contribution >= 0.6 is 0 Å². The largest absolute Gasteiger partial charge is 0.398 e. The first-order chi connectivity index (χ1) is 8.08. The number of pyridine rings is 1. The SMILES string of the molecule is Cc1cncc(C(=O)c2ccc(C)c(N)c2)c1. The summed E-state index contributed by atoms with van der Waals surface area (Å²) < 4.78 is 0. The molecule has 2 aromatic rings. The molecule has 0 atom stereocenters. The fourth-order valence-corrected chi connectivity index (χ4v) is 1.63. The summed E-state index contributed by atoms with van der Waals surface area (Å²) in [5.41, 5.74) is 9.57. The third-order valence-corrected chi connectivity index (χ3v) is 2.68. The molecule has 2 rings (SSSR count). The Morgan fingerprint density at radius 2 is 1.88 bits per heavy atom. The second kappa shape index (κ2) is 4.37. The summed E-state index contributed by atoms with van der Waals surface area (Å²) in [6.45, 7) is 3.82. The molecule has 1 heterocycles. The quantitative estimate of drug-likeness (QED) is 0.632. The van der Waals surface area contributed by atoms with Crippen LogP contribution in [0, 0.1) is 13.8 Å². The zero-order valence-corrected chi connectivity index (χ0v) is 9.90.